The standard InChI is InChI=1S/C7H14N2.CH4/c1-8-7-3-5-9(2)6-4-7;/h7H,1,3-6H2,2H3;1H4. The zero-order chi connectivity index (χ0) is 6.69. The molecule has 1 aliphatic rings. The van der Waals surface area contributed by atoms with Crippen LogP contribution in [-0.2, 0) is 0 Å². The van der Waals surface area contributed by atoms with Crippen molar-refractivity contribution in [2.75, 3.05) is 20.1 Å². The van der Waals surface area contributed by atoms with E-state index in [9.17, 15) is 0 Å². The fourth-order valence-electron chi connectivity index (χ4n) is 1.18. The van der Waals surface area contributed by atoms with Gasteiger partial charge in [0.15, 0.2) is 0 Å². The largest absolute Gasteiger partial charge is 0.306 e. The van der Waals surface area contributed by atoms with E-state index in [1.807, 2.05) is 0 Å². The van der Waals surface area contributed by atoms with Crippen molar-refractivity contribution in [3.8, 4) is 0 Å². The summed E-state index contributed by atoms with van der Waals surface area (Å²) in [4.78, 5) is 6.34. The highest BCUT2D eigenvalue weighted by Crippen LogP contribution is 2.10. The highest BCUT2D eigenvalue weighted by atomic mass is 15.1. The maximum absolute atomic E-state index is 4.01. The minimum Gasteiger partial charge on any atom is -0.306 e. The molecular formula is C8H18N2. The van der Waals surface area contributed by atoms with Crippen molar-refractivity contribution in [1.29, 1.82) is 0 Å². The van der Waals surface area contributed by atoms with Crippen LogP contribution in [0.5, 0.6) is 0 Å². The Morgan fingerprint density at radius 1 is 1.40 bits per heavy atom. The van der Waals surface area contributed by atoms with Gasteiger partial charge in [0.25, 0.3) is 0 Å². The average molecular weight is 142 g/mol. The molecule has 0 unspecified atom stereocenters. The summed E-state index contributed by atoms with van der Waals surface area (Å²) in [6, 6.07) is 0.543. The van der Waals surface area contributed by atoms with E-state index in [1.54, 1.807) is 0 Å². The van der Waals surface area contributed by atoms with Crippen LogP contribution in [0.4, 0.5) is 0 Å². The number of nitrogens with zero attached hydrogens (tertiary/aromatic N) is 2. The zero-order valence-corrected chi connectivity index (χ0v) is 6.01. The first kappa shape index (κ1) is 9.63. The lowest BCUT2D eigenvalue weighted by Gasteiger charge is -2.25. The summed E-state index contributed by atoms with van der Waals surface area (Å²) in [6.45, 7) is 5.91. The predicted octanol–water partition coefficient (Wildman–Crippen LogP) is 1.42. The summed E-state index contributed by atoms with van der Waals surface area (Å²) in [5, 5.41) is 0. The first-order valence-electron chi connectivity index (χ1n) is 3.47. The van der Waals surface area contributed by atoms with Gasteiger partial charge in [-0.1, -0.05) is 7.43 Å². The molecule has 1 aliphatic heterocycles. The Morgan fingerprint density at radius 3 is 2.30 bits per heavy atom. The van der Waals surface area contributed by atoms with Gasteiger partial charge in [0.05, 0.1) is 6.04 Å². The number of piperidine rings is 1. The Labute approximate surface area is 63.9 Å². The highest BCUT2D eigenvalue weighted by molar-refractivity contribution is 5.24. The van der Waals surface area contributed by atoms with Crippen LogP contribution in [0.2, 0.25) is 0 Å². The molecule has 1 heterocycles. The number of aliphatic imine (C=N–C) groups is 1. The number of hydrogen-bond acceptors (Lipinski definition) is 2. The molecule has 0 aromatic rings. The average Bonchev–Trinajstić information content (AvgIpc) is 1.90. The smallest absolute Gasteiger partial charge is 0.0516 e. The number of likely N-dealkylation sites (tertiary alicyclic amines) is 1. The third-order valence-electron chi connectivity index (χ3n) is 1.95. The van der Waals surface area contributed by atoms with E-state index in [0.717, 1.165) is 0 Å². The van der Waals surface area contributed by atoms with E-state index in [2.05, 4.69) is 23.7 Å². The molecule has 0 N–H and O–H groups in total. The molecule has 60 valence electrons. The van der Waals surface area contributed by atoms with Gasteiger partial charge >= 0.3 is 0 Å². The fourth-order valence-corrected chi connectivity index (χ4v) is 1.18. The predicted molar refractivity (Wildman–Crippen MR) is 46.8 cm³/mol. The van der Waals surface area contributed by atoms with E-state index in [4.69, 9.17) is 0 Å². The van der Waals surface area contributed by atoms with Crippen LogP contribution in [0.3, 0.4) is 0 Å². The van der Waals surface area contributed by atoms with E-state index in [0.29, 0.717) is 6.04 Å². The van der Waals surface area contributed by atoms with E-state index >= 15 is 0 Å². The van der Waals surface area contributed by atoms with Crippen molar-refractivity contribution in [1.82, 2.24) is 4.90 Å². The molecule has 1 saturated heterocycles. The van der Waals surface area contributed by atoms with Crippen LogP contribution in [0.1, 0.15) is 20.3 Å². The minimum absolute atomic E-state index is 0. The molecule has 0 aromatic heterocycles. The van der Waals surface area contributed by atoms with Crippen molar-refractivity contribution >= 4 is 6.72 Å². The molecule has 0 atom stereocenters. The van der Waals surface area contributed by atoms with Gasteiger partial charge in [-0.2, -0.15) is 0 Å². The van der Waals surface area contributed by atoms with E-state index in [-0.39, 0.29) is 7.43 Å². The lowest BCUT2D eigenvalue weighted by atomic mass is 10.1. The third kappa shape index (κ3) is 2.48. The molecule has 1 fully saturated rings. The Kier molecular flexibility index (Phi) is 4.28. The van der Waals surface area contributed by atoms with Crippen LogP contribution in [0, 0.1) is 0 Å². The molecular weight excluding hydrogens is 124 g/mol. The number of rotatable bonds is 1. The van der Waals surface area contributed by atoms with Gasteiger partial charge < -0.3 is 4.90 Å². The fraction of sp³-hybridized carbons (Fsp3) is 0.875. The monoisotopic (exact) mass is 142 g/mol. The summed E-state index contributed by atoms with van der Waals surface area (Å²) in [5.41, 5.74) is 0. The van der Waals surface area contributed by atoms with Crippen LogP contribution >= 0.6 is 0 Å². The van der Waals surface area contributed by atoms with Crippen LogP contribution in [0.15, 0.2) is 4.99 Å². The molecule has 2 nitrogen and oxygen atoms in total. The second-order valence-corrected chi connectivity index (χ2v) is 2.72. The molecule has 0 radical (unpaired) electrons. The van der Waals surface area contributed by atoms with Gasteiger partial charge in [-0.25, -0.2) is 0 Å². The van der Waals surface area contributed by atoms with Crippen LogP contribution in [0.25, 0.3) is 0 Å². The van der Waals surface area contributed by atoms with Crippen molar-refractivity contribution in [2.45, 2.75) is 26.3 Å². The molecule has 1 rings (SSSR count). The van der Waals surface area contributed by atoms with E-state index in [1.165, 1.54) is 25.9 Å². The summed E-state index contributed by atoms with van der Waals surface area (Å²) in [6.07, 6.45) is 2.39. The Bertz CT molecular complexity index is 93.4. The second-order valence-electron chi connectivity index (χ2n) is 2.72. The summed E-state index contributed by atoms with van der Waals surface area (Å²) in [5.74, 6) is 0. The van der Waals surface area contributed by atoms with Crippen molar-refractivity contribution in [3.63, 3.8) is 0 Å². The Balaban J connectivity index is 0.000000810. The Hall–Kier alpha value is -0.370. The summed E-state index contributed by atoms with van der Waals surface area (Å²) >= 11 is 0. The summed E-state index contributed by atoms with van der Waals surface area (Å²) in [7, 11) is 2.15. The van der Waals surface area contributed by atoms with Gasteiger partial charge in [0.2, 0.25) is 0 Å². The maximum atomic E-state index is 4.01. The lowest BCUT2D eigenvalue weighted by molar-refractivity contribution is 0.257. The summed E-state index contributed by atoms with van der Waals surface area (Å²) < 4.78 is 0. The highest BCUT2D eigenvalue weighted by Gasteiger charge is 2.13. The normalized spacial score (nSPS) is 21.7. The molecule has 0 aliphatic carbocycles. The first-order chi connectivity index (χ1) is 4.33. The lowest BCUT2D eigenvalue weighted by Crippen LogP contribution is -2.31. The van der Waals surface area contributed by atoms with Crippen molar-refractivity contribution < 1.29 is 0 Å². The molecule has 0 amide bonds. The van der Waals surface area contributed by atoms with Crippen LogP contribution in [-0.4, -0.2) is 37.8 Å². The molecule has 0 aromatic carbocycles. The quantitative estimate of drug-likeness (QED) is 0.505. The van der Waals surface area contributed by atoms with Gasteiger partial charge in [-0.3, -0.25) is 4.99 Å². The zero-order valence-electron chi connectivity index (χ0n) is 6.01. The van der Waals surface area contributed by atoms with E-state index < -0.39 is 0 Å². The molecule has 0 bridgehead atoms. The van der Waals surface area contributed by atoms with Gasteiger partial charge in [0, 0.05) is 0 Å². The Morgan fingerprint density at radius 2 is 1.90 bits per heavy atom. The minimum atomic E-state index is 0. The second kappa shape index (κ2) is 4.45. The first-order valence-corrected chi connectivity index (χ1v) is 3.47. The van der Waals surface area contributed by atoms with Crippen LogP contribution < -0.4 is 0 Å². The number of hydrogen-bond donors (Lipinski definition) is 0. The van der Waals surface area contributed by atoms with Gasteiger partial charge in [-0.15, -0.1) is 0 Å². The SMILES string of the molecule is C.C=NC1CCN(C)CC1. The topological polar surface area (TPSA) is 15.6 Å². The third-order valence-corrected chi connectivity index (χ3v) is 1.95. The van der Waals surface area contributed by atoms with Crippen molar-refractivity contribution in [3.05, 3.63) is 0 Å². The molecule has 2 heteroatoms. The molecule has 10 heavy (non-hydrogen) atoms. The van der Waals surface area contributed by atoms with Gasteiger partial charge in [-0.05, 0) is 39.7 Å². The maximum Gasteiger partial charge on any atom is 0.0516 e. The van der Waals surface area contributed by atoms with Crippen molar-refractivity contribution in [2.24, 2.45) is 4.99 Å². The molecule has 0 saturated carbocycles. The molecule has 0 spiro atoms. The van der Waals surface area contributed by atoms with Gasteiger partial charge in [0.1, 0.15) is 0 Å².